The summed E-state index contributed by atoms with van der Waals surface area (Å²) >= 11 is 0. The van der Waals surface area contributed by atoms with E-state index in [0.717, 1.165) is 11.1 Å². The molecule has 0 fully saturated rings. The fraction of sp³-hybridized carbons (Fsp3) is 0.200. The summed E-state index contributed by atoms with van der Waals surface area (Å²) in [6.45, 7) is 3.79. The maximum Gasteiger partial charge on any atom is 0.160 e. The molecule has 0 aliphatic rings. The normalized spacial score (nSPS) is 9.42. The number of methoxy groups -OCH3 is 1. The molecule has 0 aromatic heterocycles. The van der Waals surface area contributed by atoms with Gasteiger partial charge in [0, 0.05) is 0 Å². The Morgan fingerprint density at radius 2 is 1.26 bits per heavy atom. The van der Waals surface area contributed by atoms with Gasteiger partial charge in [-0.25, -0.2) is 0 Å². The second kappa shape index (κ2) is 6.54. The van der Waals surface area contributed by atoms with Gasteiger partial charge >= 0.3 is 0 Å². The molecular weight excluding hydrogens is 244 g/mol. The van der Waals surface area contributed by atoms with Gasteiger partial charge in [0.1, 0.15) is 0 Å². The minimum Gasteiger partial charge on any atom is -0.504 e. The van der Waals surface area contributed by atoms with Gasteiger partial charge in [-0.15, -0.1) is 0 Å². The SMILES string of the molecule is COc1cc(C)ccc1O.Cc1ccc(O)c(O)c1. The van der Waals surface area contributed by atoms with E-state index in [0.29, 0.717) is 5.75 Å². The number of hydrogen-bond acceptors (Lipinski definition) is 4. The minimum absolute atomic E-state index is 0.0602. The molecular formula is C15H18O4. The summed E-state index contributed by atoms with van der Waals surface area (Å²) in [5.41, 5.74) is 2.01. The molecule has 0 radical (unpaired) electrons. The number of phenolic OH excluding ortho intramolecular Hbond substituents is 3. The van der Waals surface area contributed by atoms with Crippen molar-refractivity contribution >= 4 is 0 Å². The van der Waals surface area contributed by atoms with Gasteiger partial charge in [-0.1, -0.05) is 12.1 Å². The summed E-state index contributed by atoms with van der Waals surface area (Å²) in [5, 5.41) is 26.8. The van der Waals surface area contributed by atoms with Gasteiger partial charge in [-0.2, -0.15) is 0 Å². The van der Waals surface area contributed by atoms with E-state index in [9.17, 15) is 0 Å². The molecule has 0 spiro atoms. The maximum absolute atomic E-state index is 9.11. The zero-order chi connectivity index (χ0) is 14.4. The van der Waals surface area contributed by atoms with E-state index in [1.165, 1.54) is 19.2 Å². The Kier molecular flexibility index (Phi) is 5.06. The summed E-state index contributed by atoms with van der Waals surface area (Å²) in [4.78, 5) is 0. The smallest absolute Gasteiger partial charge is 0.160 e. The van der Waals surface area contributed by atoms with Crippen LogP contribution in [0.15, 0.2) is 36.4 Å². The Morgan fingerprint density at radius 3 is 1.68 bits per heavy atom. The lowest BCUT2D eigenvalue weighted by molar-refractivity contribution is 0.373. The molecule has 102 valence electrons. The number of benzene rings is 2. The van der Waals surface area contributed by atoms with E-state index >= 15 is 0 Å². The fourth-order valence-electron chi connectivity index (χ4n) is 1.42. The van der Waals surface area contributed by atoms with Crippen molar-refractivity contribution in [2.24, 2.45) is 0 Å². The van der Waals surface area contributed by atoms with E-state index in [4.69, 9.17) is 20.1 Å². The first-order valence-electron chi connectivity index (χ1n) is 5.76. The molecule has 2 aromatic carbocycles. The molecule has 0 saturated carbocycles. The first-order chi connectivity index (χ1) is 8.93. The summed E-state index contributed by atoms with van der Waals surface area (Å²) in [5.74, 6) is 0.587. The van der Waals surface area contributed by atoms with Crippen LogP contribution in [0, 0.1) is 13.8 Å². The van der Waals surface area contributed by atoms with Crippen LogP contribution in [0.4, 0.5) is 0 Å². The van der Waals surface area contributed by atoms with E-state index in [1.807, 2.05) is 19.9 Å². The van der Waals surface area contributed by atoms with Crippen molar-refractivity contribution in [3.63, 3.8) is 0 Å². The third-order valence-corrected chi connectivity index (χ3v) is 2.47. The first-order valence-corrected chi connectivity index (χ1v) is 5.76. The standard InChI is InChI=1S/C8H10O2.C7H8O2/c1-6-3-4-7(9)8(5-6)10-2;1-5-2-3-6(8)7(9)4-5/h3-5,9H,1-2H3;2-4,8-9H,1H3. The van der Waals surface area contributed by atoms with Gasteiger partial charge < -0.3 is 20.1 Å². The van der Waals surface area contributed by atoms with Crippen LogP contribution in [0.3, 0.4) is 0 Å². The molecule has 2 aromatic rings. The van der Waals surface area contributed by atoms with Gasteiger partial charge in [-0.3, -0.25) is 0 Å². The Bertz CT molecular complexity index is 550. The molecule has 4 nitrogen and oxygen atoms in total. The molecule has 0 bridgehead atoms. The average molecular weight is 262 g/mol. The maximum atomic E-state index is 9.11. The molecule has 0 aliphatic heterocycles. The van der Waals surface area contributed by atoms with E-state index in [-0.39, 0.29) is 17.2 Å². The van der Waals surface area contributed by atoms with Crippen LogP contribution < -0.4 is 4.74 Å². The van der Waals surface area contributed by atoms with Crippen molar-refractivity contribution in [1.82, 2.24) is 0 Å². The Labute approximate surface area is 112 Å². The quantitative estimate of drug-likeness (QED) is 0.691. The molecule has 0 atom stereocenters. The monoisotopic (exact) mass is 262 g/mol. The molecule has 0 saturated heterocycles. The summed E-state index contributed by atoms with van der Waals surface area (Å²) in [7, 11) is 1.54. The highest BCUT2D eigenvalue weighted by molar-refractivity contribution is 5.41. The highest BCUT2D eigenvalue weighted by Gasteiger charge is 1.98. The van der Waals surface area contributed by atoms with Gasteiger partial charge in [0.25, 0.3) is 0 Å². The molecule has 0 amide bonds. The average Bonchev–Trinajstić information content (AvgIpc) is 2.38. The lowest BCUT2D eigenvalue weighted by atomic mass is 10.2. The Hall–Kier alpha value is -2.36. The lowest BCUT2D eigenvalue weighted by Gasteiger charge is -2.02. The van der Waals surface area contributed by atoms with Crippen LogP contribution in [0.2, 0.25) is 0 Å². The first kappa shape index (κ1) is 14.7. The van der Waals surface area contributed by atoms with E-state index in [2.05, 4.69) is 0 Å². The molecule has 0 heterocycles. The van der Waals surface area contributed by atoms with Crippen LogP contribution >= 0.6 is 0 Å². The number of ether oxygens (including phenoxy) is 1. The van der Waals surface area contributed by atoms with E-state index in [1.54, 1.807) is 18.2 Å². The Morgan fingerprint density at radius 1 is 0.737 bits per heavy atom. The van der Waals surface area contributed by atoms with Crippen LogP contribution in [0.5, 0.6) is 23.0 Å². The van der Waals surface area contributed by atoms with Gasteiger partial charge in [-0.05, 0) is 49.2 Å². The number of phenols is 3. The fourth-order valence-corrected chi connectivity index (χ4v) is 1.42. The van der Waals surface area contributed by atoms with E-state index < -0.39 is 0 Å². The van der Waals surface area contributed by atoms with Gasteiger partial charge in [0.05, 0.1) is 7.11 Å². The van der Waals surface area contributed by atoms with Crippen molar-refractivity contribution < 1.29 is 20.1 Å². The van der Waals surface area contributed by atoms with Crippen LogP contribution in [0.1, 0.15) is 11.1 Å². The number of rotatable bonds is 1. The number of aromatic hydroxyl groups is 3. The zero-order valence-corrected chi connectivity index (χ0v) is 11.2. The highest BCUT2D eigenvalue weighted by atomic mass is 16.5. The zero-order valence-electron chi connectivity index (χ0n) is 11.2. The molecule has 0 aliphatic carbocycles. The number of aryl methyl sites for hydroxylation is 2. The Balaban J connectivity index is 0.000000191. The third kappa shape index (κ3) is 4.43. The van der Waals surface area contributed by atoms with Crippen LogP contribution in [0.25, 0.3) is 0 Å². The predicted octanol–water partition coefficient (Wildman–Crippen LogP) is 3.12. The lowest BCUT2D eigenvalue weighted by Crippen LogP contribution is -1.83. The summed E-state index contributed by atoms with van der Waals surface area (Å²) in [6, 6.07) is 9.94. The third-order valence-electron chi connectivity index (χ3n) is 2.47. The van der Waals surface area contributed by atoms with Crippen molar-refractivity contribution in [2.75, 3.05) is 7.11 Å². The second-order valence-corrected chi connectivity index (χ2v) is 4.17. The molecule has 19 heavy (non-hydrogen) atoms. The van der Waals surface area contributed by atoms with Crippen molar-refractivity contribution in [3.8, 4) is 23.0 Å². The minimum atomic E-state index is -0.0689. The second-order valence-electron chi connectivity index (χ2n) is 4.17. The predicted molar refractivity (Wildman–Crippen MR) is 73.9 cm³/mol. The van der Waals surface area contributed by atoms with Crippen molar-refractivity contribution in [1.29, 1.82) is 0 Å². The largest absolute Gasteiger partial charge is 0.504 e. The van der Waals surface area contributed by atoms with Crippen molar-refractivity contribution in [2.45, 2.75) is 13.8 Å². The number of hydrogen-bond donors (Lipinski definition) is 3. The van der Waals surface area contributed by atoms with Gasteiger partial charge in [0.15, 0.2) is 23.0 Å². The summed E-state index contributed by atoms with van der Waals surface area (Å²) in [6.07, 6.45) is 0. The topological polar surface area (TPSA) is 69.9 Å². The van der Waals surface area contributed by atoms with Crippen LogP contribution in [-0.2, 0) is 0 Å². The van der Waals surface area contributed by atoms with Crippen LogP contribution in [-0.4, -0.2) is 22.4 Å². The summed E-state index contributed by atoms with van der Waals surface area (Å²) < 4.78 is 4.88. The molecule has 2 rings (SSSR count). The molecule has 0 unspecified atom stereocenters. The van der Waals surface area contributed by atoms with Crippen molar-refractivity contribution in [3.05, 3.63) is 47.5 Å². The van der Waals surface area contributed by atoms with Gasteiger partial charge in [0.2, 0.25) is 0 Å². The highest BCUT2D eigenvalue weighted by Crippen LogP contribution is 2.25. The molecule has 3 N–H and O–H groups in total. The molecule has 4 heteroatoms.